The molecular weight excluding hydrogens is 298 g/mol. The van der Waals surface area contributed by atoms with Crippen LogP contribution in [0.2, 0.25) is 0 Å². The molecule has 0 aliphatic heterocycles. The van der Waals surface area contributed by atoms with Crippen molar-refractivity contribution in [3.05, 3.63) is 35.5 Å². The molecule has 7 nitrogen and oxygen atoms in total. The third-order valence-electron chi connectivity index (χ3n) is 2.95. The number of methoxy groups -OCH3 is 1. The van der Waals surface area contributed by atoms with Crippen molar-refractivity contribution < 1.29 is 19.4 Å². The standard InChI is InChI=1S/C16H19N3O4/c1-11-5-6-14(23-2)13(8-11)19-10-12(9-17)16(22)18-7-3-4-15(20)21/h5-6,8,10,19H,3-4,7H2,1-2H3,(H,18,22)(H,20,21)/b12-10-. The van der Waals surface area contributed by atoms with Crippen LogP contribution in [0.1, 0.15) is 18.4 Å². The first kappa shape index (κ1) is 18.0. The quantitative estimate of drug-likeness (QED) is 0.383. The molecule has 122 valence electrons. The molecule has 1 amide bonds. The van der Waals surface area contributed by atoms with Crippen molar-refractivity contribution >= 4 is 17.6 Å². The second-order valence-corrected chi connectivity index (χ2v) is 4.77. The topological polar surface area (TPSA) is 111 Å². The lowest BCUT2D eigenvalue weighted by Crippen LogP contribution is -2.26. The van der Waals surface area contributed by atoms with Gasteiger partial charge in [-0.25, -0.2) is 0 Å². The second-order valence-electron chi connectivity index (χ2n) is 4.77. The number of anilines is 1. The molecule has 0 saturated heterocycles. The SMILES string of the molecule is COc1ccc(C)cc1N/C=C(/C#N)C(=O)NCCCC(=O)O. The van der Waals surface area contributed by atoms with Crippen molar-refractivity contribution in [3.63, 3.8) is 0 Å². The van der Waals surface area contributed by atoms with Crippen LogP contribution in [0.5, 0.6) is 5.75 Å². The molecule has 23 heavy (non-hydrogen) atoms. The van der Waals surface area contributed by atoms with E-state index in [0.717, 1.165) is 5.56 Å². The van der Waals surface area contributed by atoms with Crippen molar-refractivity contribution in [2.75, 3.05) is 19.0 Å². The van der Waals surface area contributed by atoms with Crippen LogP contribution in [0.25, 0.3) is 0 Å². The van der Waals surface area contributed by atoms with Gasteiger partial charge in [-0.05, 0) is 31.0 Å². The molecule has 0 aliphatic rings. The molecule has 0 bridgehead atoms. The van der Waals surface area contributed by atoms with Gasteiger partial charge in [0, 0.05) is 19.2 Å². The lowest BCUT2D eigenvalue weighted by molar-refractivity contribution is -0.137. The van der Waals surface area contributed by atoms with Gasteiger partial charge in [0.05, 0.1) is 12.8 Å². The van der Waals surface area contributed by atoms with Crippen LogP contribution in [-0.4, -0.2) is 30.6 Å². The highest BCUT2D eigenvalue weighted by Crippen LogP contribution is 2.25. The Labute approximate surface area is 134 Å². The van der Waals surface area contributed by atoms with Crippen LogP contribution < -0.4 is 15.4 Å². The number of hydrogen-bond acceptors (Lipinski definition) is 5. The maximum absolute atomic E-state index is 11.8. The Kier molecular flexibility index (Phi) is 7.14. The van der Waals surface area contributed by atoms with Crippen molar-refractivity contribution in [3.8, 4) is 11.8 Å². The summed E-state index contributed by atoms with van der Waals surface area (Å²) < 4.78 is 5.20. The summed E-state index contributed by atoms with van der Waals surface area (Å²) in [6.45, 7) is 2.10. The lowest BCUT2D eigenvalue weighted by Gasteiger charge is -2.09. The van der Waals surface area contributed by atoms with E-state index in [0.29, 0.717) is 17.9 Å². The van der Waals surface area contributed by atoms with E-state index in [1.165, 1.54) is 13.3 Å². The first-order valence-electron chi connectivity index (χ1n) is 6.99. The zero-order chi connectivity index (χ0) is 17.2. The maximum atomic E-state index is 11.8. The minimum atomic E-state index is -0.927. The average Bonchev–Trinajstić information content (AvgIpc) is 2.52. The number of carboxylic acid groups (broad SMARTS) is 1. The van der Waals surface area contributed by atoms with Gasteiger partial charge in [0.2, 0.25) is 0 Å². The number of nitrogens with one attached hydrogen (secondary N) is 2. The molecule has 0 fully saturated rings. The number of nitrogens with zero attached hydrogens (tertiary/aromatic N) is 1. The third-order valence-corrected chi connectivity index (χ3v) is 2.95. The molecular formula is C16H19N3O4. The highest BCUT2D eigenvalue weighted by molar-refractivity contribution is 5.97. The molecule has 0 unspecified atom stereocenters. The number of amides is 1. The molecule has 1 aromatic rings. The molecule has 0 radical (unpaired) electrons. The first-order chi connectivity index (χ1) is 11.0. The molecule has 3 N–H and O–H groups in total. The predicted molar refractivity (Wildman–Crippen MR) is 84.9 cm³/mol. The maximum Gasteiger partial charge on any atom is 0.303 e. The lowest BCUT2D eigenvalue weighted by atomic mass is 10.2. The fraction of sp³-hybridized carbons (Fsp3) is 0.312. The van der Waals surface area contributed by atoms with Crippen LogP contribution in [-0.2, 0) is 9.59 Å². The molecule has 0 aliphatic carbocycles. The summed E-state index contributed by atoms with van der Waals surface area (Å²) in [5.41, 5.74) is 1.53. The van der Waals surface area contributed by atoms with Gasteiger partial charge in [-0.1, -0.05) is 6.07 Å². The van der Waals surface area contributed by atoms with E-state index in [1.54, 1.807) is 12.1 Å². The molecule has 1 rings (SSSR count). The third kappa shape index (κ3) is 6.09. The molecule has 0 heterocycles. The predicted octanol–water partition coefficient (Wildman–Crippen LogP) is 1.80. The van der Waals surface area contributed by atoms with Gasteiger partial charge in [0.15, 0.2) is 0 Å². The molecule has 0 atom stereocenters. The molecule has 7 heteroatoms. The highest BCUT2D eigenvalue weighted by atomic mass is 16.5. The summed E-state index contributed by atoms with van der Waals surface area (Å²) in [6, 6.07) is 7.30. The Morgan fingerprint density at radius 3 is 2.78 bits per heavy atom. The molecule has 0 aromatic heterocycles. The molecule has 0 spiro atoms. The molecule has 0 saturated carbocycles. The zero-order valence-electron chi connectivity index (χ0n) is 13.0. The summed E-state index contributed by atoms with van der Waals surface area (Å²) in [7, 11) is 1.53. The zero-order valence-corrected chi connectivity index (χ0v) is 13.0. The number of carboxylic acids is 1. The number of carbonyl (C=O) groups excluding carboxylic acids is 1. The minimum Gasteiger partial charge on any atom is -0.495 e. The summed E-state index contributed by atoms with van der Waals surface area (Å²) in [5, 5.41) is 23.0. The Balaban J connectivity index is 2.69. The number of aryl methyl sites for hydroxylation is 1. The van der Waals surface area contributed by atoms with Gasteiger partial charge >= 0.3 is 5.97 Å². The monoisotopic (exact) mass is 317 g/mol. The molecule has 1 aromatic carbocycles. The van der Waals surface area contributed by atoms with Crippen molar-refractivity contribution in [1.29, 1.82) is 5.26 Å². The van der Waals surface area contributed by atoms with E-state index in [9.17, 15) is 9.59 Å². The highest BCUT2D eigenvalue weighted by Gasteiger charge is 2.09. The van der Waals surface area contributed by atoms with Crippen LogP contribution >= 0.6 is 0 Å². The smallest absolute Gasteiger partial charge is 0.303 e. The summed E-state index contributed by atoms with van der Waals surface area (Å²) in [4.78, 5) is 22.2. The number of rotatable bonds is 8. The normalized spacial score (nSPS) is 10.6. The minimum absolute atomic E-state index is 0.0371. The largest absolute Gasteiger partial charge is 0.495 e. The van der Waals surface area contributed by atoms with Gasteiger partial charge in [0.1, 0.15) is 17.4 Å². The van der Waals surface area contributed by atoms with Crippen molar-refractivity contribution in [1.82, 2.24) is 5.32 Å². The van der Waals surface area contributed by atoms with Crippen molar-refractivity contribution in [2.24, 2.45) is 0 Å². The number of aliphatic carboxylic acids is 1. The van der Waals surface area contributed by atoms with Crippen molar-refractivity contribution in [2.45, 2.75) is 19.8 Å². The Bertz CT molecular complexity index is 647. The van der Waals surface area contributed by atoms with E-state index < -0.39 is 11.9 Å². The van der Waals surface area contributed by atoms with Gasteiger partial charge in [-0.2, -0.15) is 5.26 Å². The number of nitriles is 1. The Hall–Kier alpha value is -3.01. The number of ether oxygens (including phenoxy) is 1. The van der Waals surface area contributed by atoms with Gasteiger partial charge in [-0.3, -0.25) is 9.59 Å². The van der Waals surface area contributed by atoms with E-state index in [4.69, 9.17) is 15.1 Å². The van der Waals surface area contributed by atoms with Crippen LogP contribution in [0.4, 0.5) is 5.69 Å². The number of carbonyl (C=O) groups is 2. The van der Waals surface area contributed by atoms with E-state index in [2.05, 4.69) is 10.6 Å². The summed E-state index contributed by atoms with van der Waals surface area (Å²) >= 11 is 0. The van der Waals surface area contributed by atoms with Gasteiger partial charge < -0.3 is 20.5 Å². The van der Waals surface area contributed by atoms with Crippen LogP contribution in [0.3, 0.4) is 0 Å². The van der Waals surface area contributed by atoms with Crippen LogP contribution in [0, 0.1) is 18.3 Å². The van der Waals surface area contributed by atoms with E-state index in [-0.39, 0.29) is 18.5 Å². The summed E-state index contributed by atoms with van der Waals surface area (Å²) in [5.74, 6) is -0.897. The van der Waals surface area contributed by atoms with Gasteiger partial charge in [-0.15, -0.1) is 0 Å². The Morgan fingerprint density at radius 2 is 2.17 bits per heavy atom. The number of benzene rings is 1. The fourth-order valence-corrected chi connectivity index (χ4v) is 1.77. The van der Waals surface area contributed by atoms with Crippen LogP contribution in [0.15, 0.2) is 30.0 Å². The number of hydrogen-bond donors (Lipinski definition) is 3. The first-order valence-corrected chi connectivity index (χ1v) is 6.99. The second kappa shape index (κ2) is 9.10. The van der Waals surface area contributed by atoms with Gasteiger partial charge in [0.25, 0.3) is 5.91 Å². The van der Waals surface area contributed by atoms with E-state index >= 15 is 0 Å². The Morgan fingerprint density at radius 1 is 1.43 bits per heavy atom. The van der Waals surface area contributed by atoms with E-state index in [1.807, 2.05) is 19.1 Å². The fourth-order valence-electron chi connectivity index (χ4n) is 1.77. The summed E-state index contributed by atoms with van der Waals surface area (Å²) in [6.07, 6.45) is 1.56. The average molecular weight is 317 g/mol.